The highest BCUT2D eigenvalue weighted by atomic mass is 16.5. The normalized spacial score (nSPS) is 22.5. The highest BCUT2D eigenvalue weighted by Crippen LogP contribution is 2.53. The van der Waals surface area contributed by atoms with Crippen LogP contribution in [0.4, 0.5) is 30.6 Å². The quantitative estimate of drug-likeness (QED) is 0.0394. The number of piperidine rings is 3. The Hall–Kier alpha value is -12.5. The maximum Gasteiger partial charge on any atom is 0.407 e. The Morgan fingerprint density at radius 2 is 0.740 bits per heavy atom. The first kappa shape index (κ1) is 86.6. The van der Waals surface area contributed by atoms with Gasteiger partial charge in [0.1, 0.15) is 35.8 Å². The van der Waals surface area contributed by atoms with Crippen molar-refractivity contribution in [3.8, 4) is 66.9 Å². The van der Waals surface area contributed by atoms with Gasteiger partial charge in [-0.25, -0.2) is 29.1 Å². The van der Waals surface area contributed by atoms with Crippen molar-refractivity contribution in [3.05, 3.63) is 181 Å². The molecule has 5 N–H and O–H groups in total. The minimum atomic E-state index is -0.683. The van der Waals surface area contributed by atoms with Crippen LogP contribution in [0.5, 0.6) is 0 Å². The van der Waals surface area contributed by atoms with Crippen LogP contribution in [0.25, 0.3) is 77.9 Å². The number of H-pyrrole nitrogens is 1. The van der Waals surface area contributed by atoms with Gasteiger partial charge in [0.25, 0.3) is 0 Å². The Labute approximate surface area is 741 Å². The lowest BCUT2D eigenvalue weighted by Crippen LogP contribution is -2.57. The van der Waals surface area contributed by atoms with Crippen LogP contribution in [-0.2, 0) is 58.0 Å². The van der Waals surface area contributed by atoms with E-state index in [1.165, 1.54) is 34.0 Å². The maximum atomic E-state index is 14.2. The minimum absolute atomic E-state index is 0.0461. The summed E-state index contributed by atoms with van der Waals surface area (Å²) in [6, 6.07) is 50.9. The fourth-order valence-corrected chi connectivity index (χ4v) is 21.7. The number of likely N-dealkylation sites (tertiary alicyclic amines) is 4. The molecular weight excluding hydrogens is 1600 g/mol. The summed E-state index contributed by atoms with van der Waals surface area (Å²) in [5.41, 5.74) is 21.2. The molecule has 127 heavy (non-hydrogen) atoms. The summed E-state index contributed by atoms with van der Waals surface area (Å²) in [4.78, 5) is 136. The molecule has 7 aromatic carbocycles. The lowest BCUT2D eigenvalue weighted by molar-refractivity contribution is -0.139. The topological polar surface area (TPSA) is 306 Å². The molecule has 0 spiro atoms. The van der Waals surface area contributed by atoms with Crippen molar-refractivity contribution < 1.29 is 57.3 Å². The molecule has 8 heterocycles. The van der Waals surface area contributed by atoms with E-state index in [0.717, 1.165) is 189 Å². The van der Waals surface area contributed by atoms with Crippen LogP contribution in [0.15, 0.2) is 168 Å². The number of aromatic amines is 1. The van der Waals surface area contributed by atoms with Crippen molar-refractivity contribution >= 4 is 81.8 Å². The summed E-state index contributed by atoms with van der Waals surface area (Å²) in [6.07, 6.45) is 11.5. The van der Waals surface area contributed by atoms with E-state index in [2.05, 4.69) is 182 Å². The highest BCUT2D eigenvalue weighted by Gasteiger charge is 2.56. The summed E-state index contributed by atoms with van der Waals surface area (Å²) in [7, 11) is 7.30. The molecule has 2 aromatic heterocycles. The van der Waals surface area contributed by atoms with Crippen LogP contribution >= 0.6 is 0 Å². The number of benzene rings is 7. The monoisotopic (exact) mass is 1720 g/mol. The van der Waals surface area contributed by atoms with Gasteiger partial charge in [-0.05, 0) is 221 Å². The Kier molecular flexibility index (Phi) is 24.6. The van der Waals surface area contributed by atoms with E-state index >= 15 is 0 Å². The summed E-state index contributed by atoms with van der Waals surface area (Å²) >= 11 is 0. The summed E-state index contributed by atoms with van der Waals surface area (Å²) in [5.74, 6) is 2.01. The third-order valence-electron chi connectivity index (χ3n) is 28.3. The lowest BCUT2D eigenvalue weighted by atomic mass is 9.90. The average molecular weight is 1720 g/mol. The number of ether oxygens (including phenoxy) is 4. The van der Waals surface area contributed by atoms with Gasteiger partial charge in [-0.3, -0.25) is 29.2 Å². The average Bonchev–Trinajstić information content (AvgIpc) is 1.59. The molecule has 26 nitrogen and oxygen atoms in total. The van der Waals surface area contributed by atoms with Gasteiger partial charge >= 0.3 is 24.4 Å². The molecule has 3 saturated carbocycles. The molecule has 3 aliphatic carbocycles. The van der Waals surface area contributed by atoms with Gasteiger partial charge in [-0.2, -0.15) is 0 Å². The van der Waals surface area contributed by atoms with Crippen LogP contribution in [0.2, 0.25) is 0 Å². The van der Waals surface area contributed by atoms with E-state index in [1.54, 1.807) is 0 Å². The second kappa shape index (κ2) is 36.1. The zero-order valence-electron chi connectivity index (χ0n) is 74.7. The number of hydrogen-bond donors (Lipinski definition) is 5. The van der Waals surface area contributed by atoms with Crippen LogP contribution in [-0.4, -0.2) is 188 Å². The highest BCUT2D eigenvalue weighted by molar-refractivity contribution is 6.04. The van der Waals surface area contributed by atoms with Crippen molar-refractivity contribution in [2.75, 3.05) is 35.0 Å². The van der Waals surface area contributed by atoms with E-state index in [9.17, 15) is 38.4 Å². The van der Waals surface area contributed by atoms with Crippen LogP contribution in [0.1, 0.15) is 161 Å². The fraction of sp³-hybridized carbons (Fsp3) is 0.446. The third kappa shape index (κ3) is 17.0. The molecule has 6 aliphatic heterocycles. The Bertz CT molecular complexity index is 5760. The summed E-state index contributed by atoms with van der Waals surface area (Å²) in [5, 5.41) is 11.1. The summed E-state index contributed by atoms with van der Waals surface area (Å²) in [6.45, 7) is 16.1. The lowest BCUT2D eigenvalue weighted by Gasteiger charge is -2.38. The van der Waals surface area contributed by atoms with E-state index in [4.69, 9.17) is 38.9 Å². The van der Waals surface area contributed by atoms with Gasteiger partial charge in [0.15, 0.2) is 0 Å². The van der Waals surface area contributed by atoms with E-state index < -0.39 is 48.5 Å². The van der Waals surface area contributed by atoms with Gasteiger partial charge in [0.2, 0.25) is 23.6 Å². The number of amides is 8. The van der Waals surface area contributed by atoms with E-state index in [-0.39, 0.29) is 89.6 Å². The number of hydrogen-bond acceptors (Lipinski definition) is 16. The first-order valence-electron chi connectivity index (χ1n) is 45.2. The second-order valence-corrected chi connectivity index (χ2v) is 37.3. The van der Waals surface area contributed by atoms with Crippen LogP contribution in [0.3, 0.4) is 0 Å². The molecule has 9 aliphatic rings. The van der Waals surface area contributed by atoms with E-state index in [1.807, 2.05) is 88.2 Å². The van der Waals surface area contributed by atoms with Gasteiger partial charge in [-0.15, -0.1) is 0 Å². The minimum Gasteiger partial charge on any atom is -0.453 e. The molecule has 4 saturated heterocycles. The number of aryl methyl sites for hydroxylation is 1. The number of aromatic nitrogens is 4. The molecule has 9 aromatic rings. The Morgan fingerprint density at radius 3 is 1.13 bits per heavy atom. The number of carbonyl (C=O) groups excluding carboxylic acids is 8. The van der Waals surface area contributed by atoms with Crippen molar-refractivity contribution in [2.45, 2.75) is 205 Å². The van der Waals surface area contributed by atoms with Gasteiger partial charge < -0.3 is 69.4 Å². The first-order valence-corrected chi connectivity index (χ1v) is 45.2. The van der Waals surface area contributed by atoms with Crippen LogP contribution < -0.4 is 21.3 Å². The number of nitrogens with zero attached hydrogens (tertiary/aromatic N) is 9. The fourth-order valence-electron chi connectivity index (χ4n) is 21.7. The number of aliphatic imine (C=N–C) groups is 2. The molecule has 8 amide bonds. The number of fused-ring (bicyclic) bond motifs is 9. The Morgan fingerprint density at radius 1 is 0.402 bits per heavy atom. The van der Waals surface area contributed by atoms with Crippen LogP contribution in [0, 0.1) is 41.4 Å². The number of methoxy groups -OCH3 is 4. The van der Waals surface area contributed by atoms with Crippen molar-refractivity contribution in [3.63, 3.8) is 0 Å². The van der Waals surface area contributed by atoms with Crippen molar-refractivity contribution in [1.29, 1.82) is 0 Å². The van der Waals surface area contributed by atoms with Gasteiger partial charge in [-0.1, -0.05) is 171 Å². The smallest absolute Gasteiger partial charge is 0.407 e. The number of imidazole rings is 2. The second-order valence-electron chi connectivity index (χ2n) is 37.3. The molecular formula is C101H116N14O12. The molecule has 6 bridgehead atoms. The maximum absolute atomic E-state index is 14.2. The zero-order valence-corrected chi connectivity index (χ0v) is 74.7. The number of nitrogens with one attached hydrogen (secondary N) is 5. The molecule has 662 valence electrons. The van der Waals surface area contributed by atoms with Crippen molar-refractivity contribution in [2.24, 2.45) is 58.5 Å². The molecule has 26 heteroatoms. The third-order valence-corrected chi connectivity index (χ3v) is 28.3. The molecule has 7 fully saturated rings. The Balaban J connectivity index is 0.000000180. The molecule has 14 atom stereocenters. The molecule has 18 rings (SSSR count). The zero-order chi connectivity index (χ0) is 89.1. The summed E-state index contributed by atoms with van der Waals surface area (Å²) < 4.78 is 21.5. The molecule has 0 unspecified atom stereocenters. The first-order chi connectivity index (χ1) is 61.2. The van der Waals surface area contributed by atoms with Crippen molar-refractivity contribution in [1.82, 2.24) is 60.4 Å². The number of rotatable bonds is 22. The number of carbonyl (C=O) groups is 8. The van der Waals surface area contributed by atoms with Gasteiger partial charge in [0, 0.05) is 56.0 Å². The largest absolute Gasteiger partial charge is 0.453 e. The predicted molar refractivity (Wildman–Crippen MR) is 488 cm³/mol. The molecule has 0 radical (unpaired) electrons. The standard InChI is InChI=1S/C54H61N7O6.C47H55N7O6/c1-29(2)46(57-53(64)66-6)51(62)60-40-20-16-37(25-40)48(60)44-27-39-24-35(18-22-42(39)55-44)33-12-8-31(9-13-33)32-10-14-34(15-11-32)36-19-23-43-45(28-36)59(5)50(56-43)49-38-17-21-41(26-38)61(49)52(63)47(30(3)4)58-54(65)67-7;1-26(2)40(51-46(57)59-5)44(55)53-21-7-8-39(53)43-48-25-38(50-43)31-15-13-29(14-16-31)28-9-11-30(12-10-28)32-18-20-36-34(22-32)24-37(49-36)42-33-17-19-35(23-33)54(42)45(56)41(27(3)4)52-47(58)60-6/h8-15,18-19,22-24,28-30,37-38,40-41,46-49H,16-17,20-21,25-27H2,1-7H3,(H,57,64)(H,58,65);9-16,18,20,22,25-27,33,35,39-42H,7-8,17,19,21,23-24H2,1-6H3,(H,48,50)(H,51,57)(H,52,58)/t37-,38-,40+,41+,46-,47-,48-,49-;33-,35+,39-,40-,41-,42-/m00/s1. The predicted octanol–water partition coefficient (Wildman–Crippen LogP) is 17.2. The SMILES string of the molecule is COC(=O)N[C@H](C(=O)N1CCC[C@H]1c1ncc(-c2ccc(-c3ccc(-c4ccc5c(c4)CC([C@@H]4[C@H]6CC[C@H](C6)N4C(=O)[C@@H](NC(=O)OC)C(C)C)=N5)cc3)cc2)[nH]1)C(C)C.COC(=O)N[C@H](C(=O)N1[C@@H]2CC[C@@H](C2)[C@H]1C1=Nc2ccc(-c3ccc(-c4ccc(-c5ccc6nc([C@@H]7[C@H]8CC[C@H](C8)N7C(=O)[C@@H](NC(=O)OC)C(C)C)n(C)c6c5)cc4)cc3)cc2C1)C(C)C. The van der Waals surface area contributed by atoms with E-state index in [0.29, 0.717) is 37.1 Å². The number of alkyl carbamates (subject to hydrolysis) is 4. The van der Waals surface area contributed by atoms with Gasteiger partial charge in [0.05, 0.1) is 86.9 Å².